The Kier molecular flexibility index (Phi) is 13.5. The Morgan fingerprint density at radius 2 is 1.29 bits per heavy atom. The van der Waals surface area contributed by atoms with Gasteiger partial charge in [-0.25, -0.2) is 4.79 Å². The minimum absolute atomic E-state index is 0.0589. The summed E-state index contributed by atoms with van der Waals surface area (Å²) in [6.07, 6.45) is 18.6. The lowest BCUT2D eigenvalue weighted by Gasteiger charge is -2.13. The first-order chi connectivity index (χ1) is 16.5. The van der Waals surface area contributed by atoms with E-state index in [0.717, 1.165) is 24.1 Å². The van der Waals surface area contributed by atoms with E-state index in [1.807, 2.05) is 18.2 Å². The van der Waals surface area contributed by atoms with Crippen molar-refractivity contribution in [1.82, 2.24) is 0 Å². The summed E-state index contributed by atoms with van der Waals surface area (Å²) in [7, 11) is 1.31. The molecule has 0 unspecified atom stereocenters. The minimum Gasteiger partial charge on any atom is -0.506 e. The second kappa shape index (κ2) is 16.4. The van der Waals surface area contributed by atoms with E-state index >= 15 is 0 Å². The van der Waals surface area contributed by atoms with Crippen LogP contribution in [0.5, 0.6) is 11.5 Å². The van der Waals surface area contributed by atoms with E-state index in [2.05, 4.69) is 13.8 Å². The van der Waals surface area contributed by atoms with Crippen molar-refractivity contribution < 1.29 is 19.4 Å². The van der Waals surface area contributed by atoms with Crippen molar-refractivity contribution in [1.29, 1.82) is 0 Å². The van der Waals surface area contributed by atoms with Crippen LogP contribution >= 0.6 is 0 Å². The quantitative estimate of drug-likeness (QED) is 0.175. The molecule has 0 amide bonds. The zero-order chi connectivity index (χ0) is 24.6. The third-order valence-electron chi connectivity index (χ3n) is 6.57. The summed E-state index contributed by atoms with van der Waals surface area (Å²) in [6, 6.07) is 9.02. The number of benzene rings is 2. The second-order valence-corrected chi connectivity index (χ2v) is 9.94. The van der Waals surface area contributed by atoms with E-state index in [4.69, 9.17) is 9.47 Å². The van der Waals surface area contributed by atoms with Crippen LogP contribution < -0.4 is 4.74 Å². The van der Waals surface area contributed by atoms with E-state index in [1.165, 1.54) is 84.2 Å². The van der Waals surface area contributed by atoms with Gasteiger partial charge in [-0.15, -0.1) is 0 Å². The van der Waals surface area contributed by atoms with Gasteiger partial charge in [-0.05, 0) is 18.4 Å². The van der Waals surface area contributed by atoms with Crippen molar-refractivity contribution >= 4 is 16.7 Å². The Hall–Kier alpha value is -2.23. The Morgan fingerprint density at radius 3 is 1.82 bits per heavy atom. The van der Waals surface area contributed by atoms with Gasteiger partial charge in [-0.1, -0.05) is 122 Å². The molecule has 0 fully saturated rings. The zero-order valence-electron chi connectivity index (χ0n) is 21.7. The van der Waals surface area contributed by atoms with Gasteiger partial charge in [-0.2, -0.15) is 0 Å². The number of carbonyl (C=O) groups is 1. The van der Waals surface area contributed by atoms with Crippen LogP contribution in [0.3, 0.4) is 0 Å². The molecule has 0 aliphatic rings. The predicted molar refractivity (Wildman–Crippen MR) is 142 cm³/mol. The maximum absolute atomic E-state index is 12.0. The van der Waals surface area contributed by atoms with E-state index in [-0.39, 0.29) is 11.3 Å². The fourth-order valence-corrected chi connectivity index (χ4v) is 4.49. The fourth-order valence-electron chi connectivity index (χ4n) is 4.49. The molecule has 0 bridgehead atoms. The van der Waals surface area contributed by atoms with Crippen molar-refractivity contribution in [3.05, 3.63) is 35.9 Å². The van der Waals surface area contributed by atoms with Gasteiger partial charge in [0.05, 0.1) is 13.7 Å². The van der Waals surface area contributed by atoms with Gasteiger partial charge < -0.3 is 14.6 Å². The molecule has 0 heterocycles. The van der Waals surface area contributed by atoms with Crippen LogP contribution in [0.15, 0.2) is 30.3 Å². The lowest BCUT2D eigenvalue weighted by molar-refractivity contribution is 0.0597. The van der Waals surface area contributed by atoms with Gasteiger partial charge >= 0.3 is 5.97 Å². The highest BCUT2D eigenvalue weighted by Crippen LogP contribution is 2.36. The van der Waals surface area contributed by atoms with Gasteiger partial charge in [0.1, 0.15) is 17.1 Å². The number of esters is 1. The highest BCUT2D eigenvalue weighted by atomic mass is 16.5. The first kappa shape index (κ1) is 28.0. The molecule has 0 aromatic heterocycles. The van der Waals surface area contributed by atoms with Crippen LogP contribution in [0.2, 0.25) is 0 Å². The number of unbranched alkanes of at least 4 members (excludes halogenated alkanes) is 12. The smallest absolute Gasteiger partial charge is 0.341 e. The van der Waals surface area contributed by atoms with Crippen LogP contribution in [-0.2, 0) is 4.74 Å². The number of fused-ring (bicyclic) bond motifs is 1. The van der Waals surface area contributed by atoms with Gasteiger partial charge in [0.25, 0.3) is 0 Å². The Labute approximate surface area is 207 Å². The Bertz CT molecular complexity index is 843. The SMILES string of the molecule is COC(=O)c1cc(OCCCCCCCCCCCCCCCC(C)C)c2ccccc2c1O. The molecule has 2 rings (SSSR count). The van der Waals surface area contributed by atoms with Crippen LogP contribution in [-0.4, -0.2) is 24.8 Å². The topological polar surface area (TPSA) is 55.8 Å². The molecule has 0 radical (unpaired) electrons. The number of phenols is 1. The summed E-state index contributed by atoms with van der Waals surface area (Å²) in [5.74, 6) is 0.855. The molecule has 0 saturated carbocycles. The number of aromatic hydroxyl groups is 1. The number of hydrogen-bond acceptors (Lipinski definition) is 4. The van der Waals surface area contributed by atoms with Gasteiger partial charge in [-0.3, -0.25) is 0 Å². The van der Waals surface area contributed by atoms with Crippen LogP contribution in [0, 0.1) is 5.92 Å². The first-order valence-corrected chi connectivity index (χ1v) is 13.5. The van der Waals surface area contributed by atoms with Crippen molar-refractivity contribution in [3.8, 4) is 11.5 Å². The van der Waals surface area contributed by atoms with E-state index < -0.39 is 5.97 Å². The average molecular weight is 471 g/mol. The third kappa shape index (κ3) is 9.95. The molecular weight excluding hydrogens is 424 g/mol. The third-order valence-corrected chi connectivity index (χ3v) is 6.57. The summed E-state index contributed by atoms with van der Waals surface area (Å²) >= 11 is 0. The number of hydrogen-bond donors (Lipinski definition) is 1. The molecule has 0 aliphatic heterocycles. The minimum atomic E-state index is -0.560. The molecule has 4 nitrogen and oxygen atoms in total. The predicted octanol–water partition coefficient (Wildman–Crippen LogP) is 8.83. The standard InChI is InChI=1S/C30H46O4/c1-24(2)19-15-13-11-9-7-5-4-6-8-10-12-14-18-22-34-28-23-27(30(32)33-3)29(31)26-21-17-16-20-25(26)28/h16-17,20-21,23-24,31H,4-15,18-19,22H2,1-3H3. The van der Waals surface area contributed by atoms with Crippen LogP contribution in [0.1, 0.15) is 114 Å². The van der Waals surface area contributed by atoms with Crippen molar-refractivity contribution in [2.45, 2.75) is 104 Å². The van der Waals surface area contributed by atoms with Gasteiger partial charge in [0, 0.05) is 10.8 Å². The molecule has 0 aliphatic carbocycles. The largest absolute Gasteiger partial charge is 0.506 e. The monoisotopic (exact) mass is 470 g/mol. The normalized spacial score (nSPS) is 11.3. The van der Waals surface area contributed by atoms with E-state index in [9.17, 15) is 9.90 Å². The highest BCUT2D eigenvalue weighted by Gasteiger charge is 2.18. The fraction of sp³-hybridized carbons (Fsp3) is 0.633. The van der Waals surface area contributed by atoms with Crippen molar-refractivity contribution in [2.75, 3.05) is 13.7 Å². The summed E-state index contributed by atoms with van der Waals surface area (Å²) in [4.78, 5) is 12.0. The van der Waals surface area contributed by atoms with Crippen LogP contribution in [0.4, 0.5) is 0 Å². The van der Waals surface area contributed by atoms with Crippen molar-refractivity contribution in [3.63, 3.8) is 0 Å². The molecule has 1 N–H and O–H groups in total. The zero-order valence-corrected chi connectivity index (χ0v) is 21.7. The molecule has 0 saturated heterocycles. The first-order valence-electron chi connectivity index (χ1n) is 13.5. The number of phenolic OH excluding ortho intramolecular Hbond substituents is 1. The molecule has 2 aromatic carbocycles. The lowest BCUT2D eigenvalue weighted by atomic mass is 10.0. The summed E-state index contributed by atoms with van der Waals surface area (Å²) in [5, 5.41) is 11.9. The molecule has 190 valence electrons. The van der Waals surface area contributed by atoms with Gasteiger partial charge in [0.15, 0.2) is 0 Å². The number of ether oxygens (including phenoxy) is 2. The molecule has 0 spiro atoms. The van der Waals surface area contributed by atoms with E-state index in [0.29, 0.717) is 17.7 Å². The lowest BCUT2D eigenvalue weighted by Crippen LogP contribution is -2.04. The second-order valence-electron chi connectivity index (χ2n) is 9.94. The molecule has 2 aromatic rings. The summed E-state index contributed by atoms with van der Waals surface area (Å²) in [5.41, 5.74) is 0.141. The maximum Gasteiger partial charge on any atom is 0.341 e. The molecule has 34 heavy (non-hydrogen) atoms. The number of methoxy groups -OCH3 is 1. The van der Waals surface area contributed by atoms with Crippen LogP contribution in [0.25, 0.3) is 10.8 Å². The average Bonchev–Trinajstić information content (AvgIpc) is 2.84. The summed E-state index contributed by atoms with van der Waals surface area (Å²) < 4.78 is 10.8. The maximum atomic E-state index is 12.0. The Morgan fingerprint density at radius 1 is 0.794 bits per heavy atom. The van der Waals surface area contributed by atoms with Crippen molar-refractivity contribution in [2.24, 2.45) is 5.92 Å². The van der Waals surface area contributed by atoms with Gasteiger partial charge in [0.2, 0.25) is 0 Å². The Balaban J connectivity index is 1.55. The highest BCUT2D eigenvalue weighted by molar-refractivity contribution is 6.03. The van der Waals surface area contributed by atoms with E-state index in [1.54, 1.807) is 12.1 Å². The molecular formula is C30H46O4. The number of carbonyl (C=O) groups excluding carboxylic acids is 1. The summed E-state index contributed by atoms with van der Waals surface area (Å²) in [6.45, 7) is 5.24. The molecule has 4 heteroatoms. The number of rotatable bonds is 18. The molecule has 0 atom stereocenters.